The monoisotopic (exact) mass is 299 g/mol. The van der Waals surface area contributed by atoms with Crippen molar-refractivity contribution in [3.63, 3.8) is 0 Å². The lowest BCUT2D eigenvalue weighted by Crippen LogP contribution is -2.30. The molecule has 0 spiro atoms. The van der Waals surface area contributed by atoms with Crippen LogP contribution in [0.25, 0.3) is 0 Å². The number of rotatable bonds is 4. The van der Waals surface area contributed by atoms with Gasteiger partial charge in [-0.1, -0.05) is 26.0 Å². The molecule has 20 heavy (non-hydrogen) atoms. The van der Waals surface area contributed by atoms with Crippen LogP contribution in [0.15, 0.2) is 29.2 Å². The van der Waals surface area contributed by atoms with Crippen molar-refractivity contribution in [2.45, 2.75) is 37.4 Å². The maximum absolute atomic E-state index is 12.4. The van der Waals surface area contributed by atoms with Gasteiger partial charge in [0, 0.05) is 13.1 Å². The first-order valence-electron chi connectivity index (χ1n) is 6.76. The number of aliphatic hydroxyl groups excluding tert-OH is 2. The first-order chi connectivity index (χ1) is 9.30. The van der Waals surface area contributed by atoms with E-state index in [1.807, 2.05) is 12.1 Å². The molecule has 2 rings (SSSR count). The Bertz CT molecular complexity index is 543. The van der Waals surface area contributed by atoms with Gasteiger partial charge in [-0.15, -0.1) is 0 Å². The third kappa shape index (κ3) is 3.20. The first-order valence-corrected chi connectivity index (χ1v) is 8.20. The first kappa shape index (κ1) is 15.4. The highest BCUT2D eigenvalue weighted by Crippen LogP contribution is 2.22. The molecule has 0 aromatic heterocycles. The minimum atomic E-state index is -3.64. The van der Waals surface area contributed by atoms with Crippen LogP contribution in [0.1, 0.15) is 19.4 Å². The Kier molecular flexibility index (Phi) is 4.49. The predicted molar refractivity (Wildman–Crippen MR) is 75.8 cm³/mol. The fourth-order valence-electron chi connectivity index (χ4n) is 2.35. The average molecular weight is 299 g/mol. The van der Waals surface area contributed by atoms with Crippen LogP contribution in [0.4, 0.5) is 0 Å². The molecule has 6 heteroatoms. The highest BCUT2D eigenvalue weighted by atomic mass is 32.2. The van der Waals surface area contributed by atoms with Gasteiger partial charge < -0.3 is 10.2 Å². The van der Waals surface area contributed by atoms with E-state index >= 15 is 0 Å². The molecule has 112 valence electrons. The minimum absolute atomic E-state index is 0.0583. The quantitative estimate of drug-likeness (QED) is 0.854. The summed E-state index contributed by atoms with van der Waals surface area (Å²) in [4.78, 5) is 0.200. The Balaban J connectivity index is 2.18. The molecule has 1 aromatic rings. The molecule has 1 fully saturated rings. The normalized spacial score (nSPS) is 24.4. The zero-order chi connectivity index (χ0) is 14.9. The Hall–Kier alpha value is -0.950. The molecule has 5 nitrogen and oxygen atoms in total. The summed E-state index contributed by atoms with van der Waals surface area (Å²) in [6.45, 7) is 4.10. The van der Waals surface area contributed by atoms with E-state index < -0.39 is 22.2 Å². The summed E-state index contributed by atoms with van der Waals surface area (Å²) in [7, 11) is -3.64. The van der Waals surface area contributed by atoms with Crippen molar-refractivity contribution in [1.82, 2.24) is 4.31 Å². The molecule has 0 bridgehead atoms. The number of aliphatic hydroxyl groups is 2. The average Bonchev–Trinajstić information content (AvgIpc) is 2.70. The number of β-amino-alcohol motifs (C(OH)–C–C–N with tert-alkyl or cyclic N) is 2. The number of hydrogen-bond donors (Lipinski definition) is 2. The number of hydrogen-bond acceptors (Lipinski definition) is 4. The fraction of sp³-hybridized carbons (Fsp3) is 0.571. The fourth-order valence-corrected chi connectivity index (χ4v) is 3.83. The molecule has 0 radical (unpaired) electrons. The second-order valence-electron chi connectivity index (χ2n) is 5.70. The highest BCUT2D eigenvalue weighted by molar-refractivity contribution is 7.89. The summed E-state index contributed by atoms with van der Waals surface area (Å²) in [5.74, 6) is 0.515. The van der Waals surface area contributed by atoms with Crippen molar-refractivity contribution < 1.29 is 18.6 Å². The van der Waals surface area contributed by atoms with Gasteiger partial charge in [0.1, 0.15) is 0 Å². The van der Waals surface area contributed by atoms with Gasteiger partial charge in [-0.05, 0) is 30.0 Å². The Morgan fingerprint density at radius 3 is 2.10 bits per heavy atom. The third-order valence-electron chi connectivity index (χ3n) is 3.43. The molecule has 0 aliphatic carbocycles. The lowest BCUT2D eigenvalue weighted by molar-refractivity contribution is 0.0572. The summed E-state index contributed by atoms with van der Waals surface area (Å²) < 4.78 is 25.9. The van der Waals surface area contributed by atoms with Crippen molar-refractivity contribution in [3.05, 3.63) is 29.8 Å². The van der Waals surface area contributed by atoms with E-state index in [0.717, 1.165) is 16.3 Å². The smallest absolute Gasteiger partial charge is 0.243 e. The van der Waals surface area contributed by atoms with Crippen LogP contribution in [0, 0.1) is 5.92 Å². The molecular weight excluding hydrogens is 278 g/mol. The van der Waals surface area contributed by atoms with E-state index in [1.165, 1.54) is 0 Å². The molecule has 0 unspecified atom stereocenters. The predicted octanol–water partition coefficient (Wildman–Crippen LogP) is 0.611. The van der Waals surface area contributed by atoms with Crippen LogP contribution in [0.5, 0.6) is 0 Å². The molecular formula is C14H21NO4S. The van der Waals surface area contributed by atoms with Gasteiger partial charge in [0.2, 0.25) is 10.0 Å². The Morgan fingerprint density at radius 2 is 1.65 bits per heavy atom. The summed E-state index contributed by atoms with van der Waals surface area (Å²) in [5.41, 5.74) is 1.10. The second-order valence-corrected chi connectivity index (χ2v) is 7.64. The zero-order valence-corrected chi connectivity index (χ0v) is 12.5. The molecule has 1 saturated heterocycles. The standard InChI is InChI=1S/C14H21NO4S/c1-10(2)7-11-3-5-12(6-4-11)20(18,19)15-8-13(16)14(17)9-15/h3-6,10,13-14,16-17H,7-9H2,1-2H3/t13-,14+. The van der Waals surface area contributed by atoms with Gasteiger partial charge >= 0.3 is 0 Å². The summed E-state index contributed by atoms with van der Waals surface area (Å²) >= 11 is 0. The van der Waals surface area contributed by atoms with Crippen LogP contribution in [-0.4, -0.2) is 48.2 Å². The molecule has 0 saturated carbocycles. The van der Waals surface area contributed by atoms with Crippen molar-refractivity contribution in [1.29, 1.82) is 0 Å². The van der Waals surface area contributed by atoms with Gasteiger partial charge in [-0.25, -0.2) is 8.42 Å². The summed E-state index contributed by atoms with van der Waals surface area (Å²) in [6, 6.07) is 6.81. The van der Waals surface area contributed by atoms with Gasteiger partial charge in [0.05, 0.1) is 17.1 Å². The van der Waals surface area contributed by atoms with E-state index in [9.17, 15) is 18.6 Å². The number of benzene rings is 1. The summed E-state index contributed by atoms with van der Waals surface area (Å²) in [6.07, 6.45) is -1.11. The molecule has 1 aliphatic heterocycles. The lowest BCUT2D eigenvalue weighted by Gasteiger charge is -2.16. The van der Waals surface area contributed by atoms with Gasteiger partial charge in [0.25, 0.3) is 0 Å². The van der Waals surface area contributed by atoms with Crippen molar-refractivity contribution >= 4 is 10.0 Å². The van der Waals surface area contributed by atoms with Gasteiger partial charge in [-0.3, -0.25) is 0 Å². The topological polar surface area (TPSA) is 77.8 Å². The van der Waals surface area contributed by atoms with E-state index in [0.29, 0.717) is 5.92 Å². The zero-order valence-electron chi connectivity index (χ0n) is 11.7. The largest absolute Gasteiger partial charge is 0.389 e. The molecule has 0 amide bonds. The van der Waals surface area contributed by atoms with E-state index in [2.05, 4.69) is 13.8 Å². The maximum atomic E-state index is 12.4. The molecule has 2 atom stereocenters. The minimum Gasteiger partial charge on any atom is -0.389 e. The van der Waals surface area contributed by atoms with Crippen molar-refractivity contribution in [2.24, 2.45) is 5.92 Å². The SMILES string of the molecule is CC(C)Cc1ccc(S(=O)(=O)N2C[C@@H](O)[C@@H](O)C2)cc1. The van der Waals surface area contributed by atoms with Crippen molar-refractivity contribution in [3.8, 4) is 0 Å². The van der Waals surface area contributed by atoms with Crippen LogP contribution in [0.2, 0.25) is 0 Å². The molecule has 2 N–H and O–H groups in total. The Morgan fingerprint density at radius 1 is 1.15 bits per heavy atom. The van der Waals surface area contributed by atoms with E-state index in [1.54, 1.807) is 12.1 Å². The second kappa shape index (κ2) is 5.81. The van der Waals surface area contributed by atoms with Crippen LogP contribution in [-0.2, 0) is 16.4 Å². The van der Waals surface area contributed by atoms with Gasteiger partial charge in [0.15, 0.2) is 0 Å². The summed E-state index contributed by atoms with van der Waals surface area (Å²) in [5, 5.41) is 18.9. The Labute approximate surface area is 119 Å². The third-order valence-corrected chi connectivity index (χ3v) is 5.28. The van der Waals surface area contributed by atoms with E-state index in [4.69, 9.17) is 0 Å². The van der Waals surface area contributed by atoms with Crippen LogP contribution in [0.3, 0.4) is 0 Å². The van der Waals surface area contributed by atoms with Crippen molar-refractivity contribution in [2.75, 3.05) is 13.1 Å². The van der Waals surface area contributed by atoms with E-state index in [-0.39, 0.29) is 18.0 Å². The molecule has 1 aliphatic rings. The molecule has 1 heterocycles. The van der Waals surface area contributed by atoms with Gasteiger partial charge in [-0.2, -0.15) is 4.31 Å². The highest BCUT2D eigenvalue weighted by Gasteiger charge is 2.37. The number of nitrogens with zero attached hydrogens (tertiary/aromatic N) is 1. The van der Waals surface area contributed by atoms with Crippen LogP contribution < -0.4 is 0 Å². The molecule has 1 aromatic carbocycles. The maximum Gasteiger partial charge on any atom is 0.243 e. The van der Waals surface area contributed by atoms with Crippen LogP contribution >= 0.6 is 0 Å². The lowest BCUT2D eigenvalue weighted by atomic mass is 10.0. The number of sulfonamides is 1.